The van der Waals surface area contributed by atoms with Crippen LogP contribution < -0.4 is 5.32 Å². The van der Waals surface area contributed by atoms with Crippen molar-refractivity contribution in [3.8, 4) is 0 Å². The number of Topliss-reactive ketones (excluding diaryl/α,β-unsaturated/α-hetero) is 1. The molecule has 0 radical (unpaired) electrons. The van der Waals surface area contributed by atoms with Crippen LogP contribution in [0.15, 0.2) is 34.9 Å². The Kier molecular flexibility index (Phi) is 7.12. The molecular formula is C18H19FN2O5S. The normalized spacial score (nSPS) is 12.9. The van der Waals surface area contributed by atoms with Crippen molar-refractivity contribution in [2.24, 2.45) is 0 Å². The smallest absolute Gasteiger partial charge is 0.316 e. The molecule has 1 heterocycles. The third kappa shape index (κ3) is 6.21. The standard InChI is InChI=1S/C18H19FN2O5S/c1-10-8-15(21-26-10)20-18(24)12(3)27-9-16(22)25-11(2)17(23)13-4-6-14(19)7-5-13/h4-8,11-12H,9H2,1-3H3,(H,20,21,24)/t11-,12+/m0/s1. The highest BCUT2D eigenvalue weighted by molar-refractivity contribution is 8.01. The molecular weight excluding hydrogens is 375 g/mol. The number of carbonyl (C=O) groups excluding carboxylic acids is 3. The molecule has 0 aliphatic rings. The van der Waals surface area contributed by atoms with E-state index in [-0.39, 0.29) is 17.2 Å². The molecule has 2 atom stereocenters. The Bertz CT molecular complexity index is 821. The maximum Gasteiger partial charge on any atom is 0.316 e. The lowest BCUT2D eigenvalue weighted by Crippen LogP contribution is -2.27. The average Bonchev–Trinajstić information content (AvgIpc) is 3.04. The summed E-state index contributed by atoms with van der Waals surface area (Å²) >= 11 is 1.06. The summed E-state index contributed by atoms with van der Waals surface area (Å²) in [6, 6.07) is 6.55. The van der Waals surface area contributed by atoms with Gasteiger partial charge in [0, 0.05) is 11.6 Å². The fraction of sp³-hybridized carbons (Fsp3) is 0.333. The number of aryl methyl sites for hydroxylation is 1. The molecule has 1 aromatic heterocycles. The Labute approximate surface area is 159 Å². The first kappa shape index (κ1) is 20.6. The van der Waals surface area contributed by atoms with Crippen molar-refractivity contribution in [3.05, 3.63) is 47.5 Å². The Hall–Kier alpha value is -2.68. The summed E-state index contributed by atoms with van der Waals surface area (Å²) in [7, 11) is 0. The van der Waals surface area contributed by atoms with Gasteiger partial charge in [-0.05, 0) is 45.0 Å². The number of rotatable bonds is 8. The lowest BCUT2D eigenvalue weighted by Gasteiger charge is -2.14. The quantitative estimate of drug-likeness (QED) is 0.543. The summed E-state index contributed by atoms with van der Waals surface area (Å²) in [6.07, 6.45) is -1.01. The number of aromatic nitrogens is 1. The van der Waals surface area contributed by atoms with E-state index in [1.807, 2.05) is 0 Å². The van der Waals surface area contributed by atoms with Gasteiger partial charge in [0.05, 0.1) is 11.0 Å². The van der Waals surface area contributed by atoms with Crippen LogP contribution in [-0.2, 0) is 14.3 Å². The second-order valence-electron chi connectivity index (χ2n) is 5.77. The number of carbonyl (C=O) groups is 3. The Morgan fingerprint density at radius 1 is 1.26 bits per heavy atom. The summed E-state index contributed by atoms with van der Waals surface area (Å²) in [4.78, 5) is 36.1. The Balaban J connectivity index is 1.78. The SMILES string of the molecule is Cc1cc(NC(=O)[C@@H](C)SCC(=O)O[C@@H](C)C(=O)c2ccc(F)cc2)no1. The van der Waals surface area contributed by atoms with Gasteiger partial charge < -0.3 is 14.6 Å². The molecule has 1 aromatic carbocycles. The number of anilines is 1. The van der Waals surface area contributed by atoms with Gasteiger partial charge in [-0.25, -0.2) is 4.39 Å². The molecule has 1 amide bonds. The van der Waals surface area contributed by atoms with E-state index in [0.29, 0.717) is 11.6 Å². The fourth-order valence-corrected chi connectivity index (χ4v) is 2.72. The minimum absolute atomic E-state index is 0.104. The molecule has 0 spiro atoms. The van der Waals surface area contributed by atoms with Crippen molar-refractivity contribution in [2.75, 3.05) is 11.1 Å². The summed E-state index contributed by atoms with van der Waals surface area (Å²) in [5.74, 6) is -1.09. The van der Waals surface area contributed by atoms with Crippen molar-refractivity contribution in [3.63, 3.8) is 0 Å². The minimum Gasteiger partial charge on any atom is -0.454 e. The van der Waals surface area contributed by atoms with Crippen molar-refractivity contribution in [1.29, 1.82) is 0 Å². The third-order valence-electron chi connectivity index (χ3n) is 3.51. The van der Waals surface area contributed by atoms with Crippen molar-refractivity contribution >= 4 is 35.2 Å². The highest BCUT2D eigenvalue weighted by Crippen LogP contribution is 2.15. The van der Waals surface area contributed by atoms with E-state index in [2.05, 4.69) is 10.5 Å². The number of ketones is 1. The maximum absolute atomic E-state index is 12.9. The average molecular weight is 394 g/mol. The molecule has 0 saturated carbocycles. The Morgan fingerprint density at radius 3 is 2.52 bits per heavy atom. The number of nitrogens with zero attached hydrogens (tertiary/aromatic N) is 1. The molecule has 0 unspecified atom stereocenters. The molecule has 27 heavy (non-hydrogen) atoms. The summed E-state index contributed by atoms with van der Waals surface area (Å²) in [6.45, 7) is 4.77. The highest BCUT2D eigenvalue weighted by atomic mass is 32.2. The summed E-state index contributed by atoms with van der Waals surface area (Å²) < 4.78 is 22.8. The van der Waals surface area contributed by atoms with Crippen LogP contribution in [0, 0.1) is 12.7 Å². The van der Waals surface area contributed by atoms with E-state index in [4.69, 9.17) is 9.26 Å². The zero-order valence-electron chi connectivity index (χ0n) is 15.0. The second kappa shape index (κ2) is 9.31. The van der Waals surface area contributed by atoms with Crippen LogP contribution in [-0.4, -0.2) is 39.9 Å². The predicted molar refractivity (Wildman–Crippen MR) is 98.1 cm³/mol. The number of amides is 1. The number of esters is 1. The van der Waals surface area contributed by atoms with Gasteiger partial charge in [-0.3, -0.25) is 14.4 Å². The number of thioether (sulfide) groups is 1. The van der Waals surface area contributed by atoms with E-state index in [1.54, 1.807) is 19.9 Å². The van der Waals surface area contributed by atoms with Gasteiger partial charge in [0.25, 0.3) is 0 Å². The molecule has 2 rings (SSSR count). The second-order valence-corrected chi connectivity index (χ2v) is 7.10. The van der Waals surface area contributed by atoms with Gasteiger partial charge >= 0.3 is 5.97 Å². The maximum atomic E-state index is 12.9. The minimum atomic E-state index is -1.01. The fourth-order valence-electron chi connectivity index (χ4n) is 2.06. The van der Waals surface area contributed by atoms with Crippen LogP contribution in [0.25, 0.3) is 0 Å². The van der Waals surface area contributed by atoms with Crippen LogP contribution in [0.2, 0.25) is 0 Å². The molecule has 2 aromatic rings. The number of hydrogen-bond acceptors (Lipinski definition) is 7. The first-order valence-electron chi connectivity index (χ1n) is 8.11. The molecule has 144 valence electrons. The van der Waals surface area contributed by atoms with E-state index in [9.17, 15) is 18.8 Å². The van der Waals surface area contributed by atoms with Crippen LogP contribution in [0.3, 0.4) is 0 Å². The monoisotopic (exact) mass is 394 g/mol. The lowest BCUT2D eigenvalue weighted by molar-refractivity contribution is -0.143. The van der Waals surface area contributed by atoms with E-state index in [1.165, 1.54) is 19.1 Å². The summed E-state index contributed by atoms with van der Waals surface area (Å²) in [5.41, 5.74) is 0.250. The van der Waals surface area contributed by atoms with Crippen molar-refractivity contribution in [1.82, 2.24) is 5.16 Å². The molecule has 0 bridgehead atoms. The zero-order valence-corrected chi connectivity index (χ0v) is 15.8. The lowest BCUT2D eigenvalue weighted by atomic mass is 10.1. The van der Waals surface area contributed by atoms with Crippen LogP contribution >= 0.6 is 11.8 Å². The Morgan fingerprint density at radius 2 is 1.93 bits per heavy atom. The van der Waals surface area contributed by atoms with E-state index in [0.717, 1.165) is 23.9 Å². The van der Waals surface area contributed by atoms with Gasteiger partial charge in [0.2, 0.25) is 11.7 Å². The van der Waals surface area contributed by atoms with E-state index >= 15 is 0 Å². The van der Waals surface area contributed by atoms with Crippen LogP contribution in [0.1, 0.15) is 30.0 Å². The van der Waals surface area contributed by atoms with Gasteiger partial charge in [-0.15, -0.1) is 11.8 Å². The van der Waals surface area contributed by atoms with Gasteiger partial charge in [0.1, 0.15) is 11.6 Å². The number of benzene rings is 1. The highest BCUT2D eigenvalue weighted by Gasteiger charge is 2.22. The van der Waals surface area contributed by atoms with Gasteiger partial charge in [-0.2, -0.15) is 0 Å². The zero-order chi connectivity index (χ0) is 20.0. The number of hydrogen-bond donors (Lipinski definition) is 1. The topological polar surface area (TPSA) is 98.5 Å². The van der Waals surface area contributed by atoms with Gasteiger partial charge in [-0.1, -0.05) is 5.16 Å². The third-order valence-corrected chi connectivity index (χ3v) is 4.62. The number of nitrogens with one attached hydrogen (secondary N) is 1. The molecule has 9 heteroatoms. The predicted octanol–water partition coefficient (Wildman–Crippen LogP) is 3.00. The summed E-state index contributed by atoms with van der Waals surface area (Å²) in [5, 5.41) is 5.68. The molecule has 1 N–H and O–H groups in total. The van der Waals surface area contributed by atoms with Gasteiger partial charge in [0.15, 0.2) is 11.9 Å². The van der Waals surface area contributed by atoms with Crippen LogP contribution in [0.4, 0.5) is 10.2 Å². The van der Waals surface area contributed by atoms with Crippen molar-refractivity contribution in [2.45, 2.75) is 32.1 Å². The number of ether oxygens (including phenoxy) is 1. The first-order chi connectivity index (χ1) is 12.8. The van der Waals surface area contributed by atoms with Crippen LogP contribution in [0.5, 0.6) is 0 Å². The molecule has 0 aliphatic heterocycles. The van der Waals surface area contributed by atoms with E-state index < -0.39 is 28.9 Å². The number of halogens is 1. The molecule has 0 aliphatic carbocycles. The largest absolute Gasteiger partial charge is 0.454 e. The van der Waals surface area contributed by atoms with Crippen molar-refractivity contribution < 1.29 is 28.0 Å². The molecule has 0 saturated heterocycles. The first-order valence-corrected chi connectivity index (χ1v) is 9.16. The molecule has 7 nitrogen and oxygen atoms in total. The molecule has 0 fully saturated rings.